The highest BCUT2D eigenvalue weighted by Gasteiger charge is 2.49. The first kappa shape index (κ1) is 25.7. The standard InChI is InChI=1S/C31H32N2O5/c1-37-30(35)25-14-8-9-15-26(25)32-29(24-12-6-3-7-13-24)31(36)38-28-21-33(18-16-23(28)17-19-33)20-27(34)22-10-4-2-5-11-22/h2-15,23,28-29H,16-21H2,1H3/p+1/t23?,28-,29+,33?/m0/s1. The summed E-state index contributed by atoms with van der Waals surface area (Å²) in [7, 11) is 1.33. The molecule has 7 heteroatoms. The number of hydrogen-bond acceptors (Lipinski definition) is 6. The van der Waals surface area contributed by atoms with Gasteiger partial charge in [0.05, 0.1) is 25.8 Å². The third kappa shape index (κ3) is 5.48. The number of anilines is 1. The molecule has 0 amide bonds. The monoisotopic (exact) mass is 513 g/mol. The summed E-state index contributed by atoms with van der Waals surface area (Å²) in [5.74, 6) is -0.480. The number of piperidine rings is 3. The number of para-hydroxylation sites is 1. The number of carbonyl (C=O) groups excluding carboxylic acids is 3. The molecule has 0 radical (unpaired) electrons. The predicted molar refractivity (Wildman–Crippen MR) is 144 cm³/mol. The van der Waals surface area contributed by atoms with Gasteiger partial charge in [0.15, 0.2) is 12.1 Å². The SMILES string of the molecule is COC(=O)c1ccccc1N[C@@H](C(=O)O[C@H]1C[N+]2(CC(=O)c3ccccc3)CCC1CC2)c1ccccc1. The quantitative estimate of drug-likeness (QED) is 0.255. The molecule has 2 bridgehead atoms. The second kappa shape index (κ2) is 11.2. The minimum atomic E-state index is -0.808. The Bertz CT molecular complexity index is 1290. The van der Waals surface area contributed by atoms with Crippen molar-refractivity contribution in [3.8, 4) is 0 Å². The Balaban J connectivity index is 1.35. The van der Waals surface area contributed by atoms with Crippen molar-refractivity contribution in [2.75, 3.05) is 38.6 Å². The van der Waals surface area contributed by atoms with Gasteiger partial charge < -0.3 is 19.3 Å². The van der Waals surface area contributed by atoms with Gasteiger partial charge >= 0.3 is 11.9 Å². The van der Waals surface area contributed by atoms with E-state index in [1.807, 2.05) is 60.7 Å². The molecule has 3 aliphatic heterocycles. The predicted octanol–water partition coefficient (Wildman–Crippen LogP) is 4.66. The van der Waals surface area contributed by atoms with Crippen molar-refractivity contribution in [1.29, 1.82) is 0 Å². The van der Waals surface area contributed by atoms with Gasteiger partial charge in [-0.3, -0.25) is 4.79 Å². The molecule has 7 nitrogen and oxygen atoms in total. The van der Waals surface area contributed by atoms with Crippen LogP contribution in [0.5, 0.6) is 0 Å². The minimum absolute atomic E-state index is 0.124. The summed E-state index contributed by atoms with van der Waals surface area (Å²) in [4.78, 5) is 39.1. The number of benzene rings is 3. The van der Waals surface area contributed by atoms with Crippen molar-refractivity contribution in [1.82, 2.24) is 0 Å². The van der Waals surface area contributed by atoms with E-state index >= 15 is 0 Å². The zero-order valence-corrected chi connectivity index (χ0v) is 21.5. The summed E-state index contributed by atoms with van der Waals surface area (Å²) in [6, 6.07) is 24.9. The van der Waals surface area contributed by atoms with Crippen LogP contribution in [-0.2, 0) is 14.3 Å². The highest BCUT2D eigenvalue weighted by molar-refractivity contribution is 5.97. The highest BCUT2D eigenvalue weighted by Crippen LogP contribution is 2.37. The lowest BCUT2D eigenvalue weighted by molar-refractivity contribution is -0.938. The number of nitrogens with one attached hydrogen (secondary N) is 1. The van der Waals surface area contributed by atoms with Gasteiger partial charge in [-0.05, 0) is 17.7 Å². The van der Waals surface area contributed by atoms with Crippen LogP contribution in [0.15, 0.2) is 84.9 Å². The molecule has 3 saturated heterocycles. The molecule has 3 aliphatic rings. The Kier molecular flexibility index (Phi) is 7.56. The number of Topliss-reactive ketones (excluding diaryl/α,β-unsaturated/α-hetero) is 1. The molecule has 0 unspecified atom stereocenters. The summed E-state index contributed by atoms with van der Waals surface area (Å²) in [6.07, 6.45) is 1.58. The number of carbonyl (C=O) groups is 3. The molecule has 3 aromatic carbocycles. The number of methoxy groups -OCH3 is 1. The van der Waals surface area contributed by atoms with E-state index in [9.17, 15) is 14.4 Å². The van der Waals surface area contributed by atoms with Gasteiger partial charge in [0.2, 0.25) is 5.78 Å². The fraction of sp³-hybridized carbons (Fsp3) is 0.323. The molecule has 3 heterocycles. The van der Waals surface area contributed by atoms with Gasteiger partial charge in [-0.1, -0.05) is 72.8 Å². The van der Waals surface area contributed by atoms with Gasteiger partial charge in [-0.15, -0.1) is 0 Å². The molecule has 0 saturated carbocycles. The Morgan fingerprint density at radius 2 is 1.53 bits per heavy atom. The summed E-state index contributed by atoms with van der Waals surface area (Å²) < 4.78 is 11.8. The molecule has 1 N–H and O–H groups in total. The summed E-state index contributed by atoms with van der Waals surface area (Å²) >= 11 is 0. The van der Waals surface area contributed by atoms with E-state index in [4.69, 9.17) is 9.47 Å². The Labute approximate surface area is 223 Å². The zero-order chi connectivity index (χ0) is 26.5. The number of esters is 2. The third-order valence-corrected chi connectivity index (χ3v) is 7.88. The van der Waals surface area contributed by atoms with Crippen molar-refractivity contribution in [2.45, 2.75) is 25.0 Å². The Morgan fingerprint density at radius 3 is 2.21 bits per heavy atom. The zero-order valence-electron chi connectivity index (χ0n) is 21.5. The molecule has 0 aromatic heterocycles. The molecule has 6 rings (SSSR count). The molecule has 38 heavy (non-hydrogen) atoms. The van der Waals surface area contributed by atoms with E-state index in [2.05, 4.69) is 5.32 Å². The van der Waals surface area contributed by atoms with Crippen molar-refractivity contribution < 1.29 is 28.3 Å². The average Bonchev–Trinajstić information content (AvgIpc) is 2.97. The molecule has 196 valence electrons. The van der Waals surface area contributed by atoms with Crippen molar-refractivity contribution in [3.63, 3.8) is 0 Å². The van der Waals surface area contributed by atoms with Crippen molar-refractivity contribution >= 4 is 23.4 Å². The van der Waals surface area contributed by atoms with Crippen molar-refractivity contribution in [2.24, 2.45) is 5.92 Å². The van der Waals surface area contributed by atoms with Gasteiger partial charge in [-0.25, -0.2) is 9.59 Å². The summed E-state index contributed by atoms with van der Waals surface area (Å²) in [5, 5.41) is 3.24. The van der Waals surface area contributed by atoms with Crippen LogP contribution in [0.4, 0.5) is 5.69 Å². The van der Waals surface area contributed by atoms with E-state index in [0.717, 1.165) is 37.1 Å². The number of rotatable bonds is 9. The van der Waals surface area contributed by atoms with E-state index in [0.29, 0.717) is 28.8 Å². The second-order valence-electron chi connectivity index (χ2n) is 10.3. The third-order valence-electron chi connectivity index (χ3n) is 7.88. The van der Waals surface area contributed by atoms with Crippen LogP contribution in [0.1, 0.15) is 45.2 Å². The molecule has 2 atom stereocenters. The fourth-order valence-corrected chi connectivity index (χ4v) is 5.79. The lowest BCUT2D eigenvalue weighted by atomic mass is 9.82. The van der Waals surface area contributed by atoms with Gasteiger partial charge in [0.1, 0.15) is 13.1 Å². The van der Waals surface area contributed by atoms with Crippen LogP contribution in [0, 0.1) is 5.92 Å². The van der Waals surface area contributed by atoms with Crippen LogP contribution >= 0.6 is 0 Å². The summed E-state index contributed by atoms with van der Waals surface area (Å²) in [6.45, 7) is 2.89. The largest absolute Gasteiger partial charge is 0.465 e. The minimum Gasteiger partial charge on any atom is -0.465 e. The molecule has 0 spiro atoms. The van der Waals surface area contributed by atoms with Gasteiger partial charge in [0, 0.05) is 30.0 Å². The molecule has 0 aliphatic carbocycles. The topological polar surface area (TPSA) is 81.7 Å². The normalized spacial score (nSPS) is 22.8. The molecular weight excluding hydrogens is 480 g/mol. The molecule has 3 fully saturated rings. The lowest BCUT2D eigenvalue weighted by Crippen LogP contribution is -2.65. The first-order chi connectivity index (χ1) is 18.5. The first-order valence-corrected chi connectivity index (χ1v) is 13.1. The van der Waals surface area contributed by atoms with Crippen LogP contribution in [0.3, 0.4) is 0 Å². The number of fused-ring (bicyclic) bond motifs is 3. The number of ketones is 1. The van der Waals surface area contributed by atoms with Crippen LogP contribution < -0.4 is 5.32 Å². The number of hydrogen-bond donors (Lipinski definition) is 1. The number of ether oxygens (including phenoxy) is 2. The van der Waals surface area contributed by atoms with E-state index in [-0.39, 0.29) is 17.8 Å². The maximum absolute atomic E-state index is 13.7. The van der Waals surface area contributed by atoms with Crippen LogP contribution in [0.25, 0.3) is 0 Å². The fourth-order valence-electron chi connectivity index (χ4n) is 5.79. The average molecular weight is 514 g/mol. The molecule has 3 aromatic rings. The second-order valence-corrected chi connectivity index (χ2v) is 10.3. The summed E-state index contributed by atoms with van der Waals surface area (Å²) in [5.41, 5.74) is 2.30. The maximum Gasteiger partial charge on any atom is 0.339 e. The Hall–Kier alpha value is -3.97. The van der Waals surface area contributed by atoms with E-state index < -0.39 is 18.0 Å². The van der Waals surface area contributed by atoms with E-state index in [1.54, 1.807) is 24.3 Å². The van der Waals surface area contributed by atoms with Crippen molar-refractivity contribution in [3.05, 3.63) is 102 Å². The van der Waals surface area contributed by atoms with Crippen LogP contribution in [-0.4, -0.2) is 61.6 Å². The lowest BCUT2D eigenvalue weighted by Gasteiger charge is -2.51. The smallest absolute Gasteiger partial charge is 0.339 e. The number of nitrogens with zero attached hydrogens (tertiary/aromatic N) is 1. The highest BCUT2D eigenvalue weighted by atomic mass is 16.5. The molecular formula is C31H33N2O5+. The maximum atomic E-state index is 13.7. The Morgan fingerprint density at radius 1 is 0.895 bits per heavy atom. The van der Waals surface area contributed by atoms with Gasteiger partial charge in [-0.2, -0.15) is 0 Å². The van der Waals surface area contributed by atoms with E-state index in [1.165, 1.54) is 7.11 Å². The first-order valence-electron chi connectivity index (χ1n) is 13.1. The van der Waals surface area contributed by atoms with Gasteiger partial charge in [0.25, 0.3) is 0 Å². The van der Waals surface area contributed by atoms with Crippen LogP contribution in [0.2, 0.25) is 0 Å². The number of quaternary nitrogens is 1.